The van der Waals surface area contributed by atoms with E-state index in [1.807, 2.05) is 18.2 Å². The first-order valence-corrected chi connectivity index (χ1v) is 10.9. The summed E-state index contributed by atoms with van der Waals surface area (Å²) < 4.78 is 10.8. The first kappa shape index (κ1) is 25.4. The fraction of sp³-hybridized carbons (Fsp3) is 0.429. The number of hydrogen-bond acceptors (Lipinski definition) is 4. The zero-order valence-electron chi connectivity index (χ0n) is 20.7. The lowest BCUT2D eigenvalue weighted by molar-refractivity contribution is 0.0894. The summed E-state index contributed by atoms with van der Waals surface area (Å²) in [4.78, 5) is 26.1. The van der Waals surface area contributed by atoms with Crippen molar-refractivity contribution in [2.75, 3.05) is 14.2 Å². The fourth-order valence-corrected chi connectivity index (χ4v) is 3.85. The van der Waals surface area contributed by atoms with Gasteiger partial charge in [-0.15, -0.1) is 6.58 Å². The number of hydrogen-bond donors (Lipinski definition) is 0. The van der Waals surface area contributed by atoms with Gasteiger partial charge in [0.1, 0.15) is 0 Å². The highest BCUT2D eigenvalue weighted by Gasteiger charge is 2.27. The largest absolute Gasteiger partial charge is 0.493 e. The molecular weight excluding hydrogens is 400 g/mol. The van der Waals surface area contributed by atoms with E-state index in [1.165, 1.54) is 12.7 Å². The summed E-state index contributed by atoms with van der Waals surface area (Å²) in [6, 6.07) is 9.19. The van der Waals surface area contributed by atoms with Crippen LogP contribution in [0.3, 0.4) is 0 Å². The van der Waals surface area contributed by atoms with Crippen molar-refractivity contribution >= 4 is 11.6 Å². The van der Waals surface area contributed by atoms with Gasteiger partial charge in [0.25, 0.3) is 0 Å². The standard InChI is InChI=1S/C28H36O4/c1-10-11-19-14-20(16-25(31-8)26(19)32-9)24(30)17-23(29)18-12-13-21(27(2,3)4)22(15-18)28(5,6)7/h10,12-16H,1,11,17H2,2-9H3. The quantitative estimate of drug-likeness (QED) is 0.270. The van der Waals surface area contributed by atoms with E-state index in [0.717, 1.165) is 11.1 Å². The van der Waals surface area contributed by atoms with Gasteiger partial charge in [0.15, 0.2) is 23.1 Å². The molecule has 0 aliphatic carbocycles. The lowest BCUT2D eigenvalue weighted by Gasteiger charge is -2.30. The van der Waals surface area contributed by atoms with Crippen molar-refractivity contribution in [2.45, 2.75) is 65.2 Å². The summed E-state index contributed by atoms with van der Waals surface area (Å²) in [7, 11) is 3.09. The summed E-state index contributed by atoms with van der Waals surface area (Å²) in [6.07, 6.45) is 2.06. The predicted molar refractivity (Wildman–Crippen MR) is 131 cm³/mol. The number of carbonyl (C=O) groups excluding carboxylic acids is 2. The van der Waals surface area contributed by atoms with Crippen molar-refractivity contribution in [3.8, 4) is 11.5 Å². The Morgan fingerprint density at radius 3 is 1.94 bits per heavy atom. The van der Waals surface area contributed by atoms with E-state index >= 15 is 0 Å². The van der Waals surface area contributed by atoms with Crippen LogP contribution >= 0.6 is 0 Å². The van der Waals surface area contributed by atoms with E-state index in [2.05, 4.69) is 48.1 Å². The van der Waals surface area contributed by atoms with Crippen molar-refractivity contribution in [3.05, 3.63) is 70.8 Å². The average molecular weight is 437 g/mol. The van der Waals surface area contributed by atoms with Gasteiger partial charge in [-0.1, -0.05) is 59.8 Å². The molecule has 0 atom stereocenters. The van der Waals surface area contributed by atoms with Gasteiger partial charge in [-0.05, 0) is 46.6 Å². The Morgan fingerprint density at radius 2 is 1.44 bits per heavy atom. The molecule has 0 saturated heterocycles. The van der Waals surface area contributed by atoms with Crippen LogP contribution in [0.4, 0.5) is 0 Å². The third-order valence-electron chi connectivity index (χ3n) is 5.52. The molecule has 0 spiro atoms. The summed E-state index contributed by atoms with van der Waals surface area (Å²) in [5.41, 5.74) is 3.96. The molecule has 0 aliphatic heterocycles. The highest BCUT2D eigenvalue weighted by atomic mass is 16.5. The van der Waals surface area contributed by atoms with Gasteiger partial charge in [0.05, 0.1) is 20.6 Å². The number of Topliss-reactive ketones (excluding diaryl/α,β-unsaturated/α-hetero) is 2. The third-order valence-corrected chi connectivity index (χ3v) is 5.52. The lowest BCUT2D eigenvalue weighted by atomic mass is 9.74. The minimum Gasteiger partial charge on any atom is -0.493 e. The fourth-order valence-electron chi connectivity index (χ4n) is 3.85. The van der Waals surface area contributed by atoms with Gasteiger partial charge in [-0.2, -0.15) is 0 Å². The topological polar surface area (TPSA) is 52.6 Å². The second kappa shape index (κ2) is 9.72. The Balaban J connectivity index is 2.40. The Labute approximate surface area is 192 Å². The lowest BCUT2D eigenvalue weighted by Crippen LogP contribution is -2.23. The van der Waals surface area contributed by atoms with Crippen molar-refractivity contribution in [2.24, 2.45) is 0 Å². The Hall–Kier alpha value is -2.88. The van der Waals surface area contributed by atoms with Gasteiger partial charge >= 0.3 is 0 Å². The first-order valence-electron chi connectivity index (χ1n) is 10.9. The minimum absolute atomic E-state index is 0.0405. The van der Waals surface area contributed by atoms with Gasteiger partial charge in [0, 0.05) is 16.7 Å². The van der Waals surface area contributed by atoms with Gasteiger partial charge < -0.3 is 9.47 Å². The van der Waals surface area contributed by atoms with E-state index in [4.69, 9.17) is 9.47 Å². The molecule has 0 unspecified atom stereocenters. The number of rotatable bonds is 8. The predicted octanol–water partition coefficient (Wildman–Crippen LogP) is 6.48. The van der Waals surface area contributed by atoms with Crippen LogP contribution < -0.4 is 9.47 Å². The molecule has 0 amide bonds. The van der Waals surface area contributed by atoms with Gasteiger partial charge in [0.2, 0.25) is 0 Å². The maximum absolute atomic E-state index is 13.1. The van der Waals surface area contributed by atoms with Crippen LogP contribution in [0.5, 0.6) is 11.5 Å². The highest BCUT2D eigenvalue weighted by Crippen LogP contribution is 2.36. The van der Waals surface area contributed by atoms with E-state index in [9.17, 15) is 9.59 Å². The molecule has 2 rings (SSSR count). The van der Waals surface area contributed by atoms with E-state index in [-0.39, 0.29) is 28.8 Å². The van der Waals surface area contributed by atoms with Crippen LogP contribution in [0.25, 0.3) is 0 Å². The molecule has 0 saturated carbocycles. The van der Waals surface area contributed by atoms with Gasteiger partial charge in [-0.25, -0.2) is 0 Å². The number of ether oxygens (including phenoxy) is 2. The zero-order chi connectivity index (χ0) is 24.3. The van der Waals surface area contributed by atoms with Crippen LogP contribution in [-0.4, -0.2) is 25.8 Å². The molecule has 0 aliphatic rings. The molecule has 2 aromatic carbocycles. The first-order chi connectivity index (χ1) is 14.8. The summed E-state index contributed by atoms with van der Waals surface area (Å²) >= 11 is 0. The molecule has 0 bridgehead atoms. The second-order valence-electron chi connectivity index (χ2n) is 10.1. The number of benzene rings is 2. The van der Waals surface area contributed by atoms with E-state index in [1.54, 1.807) is 25.3 Å². The summed E-state index contributed by atoms with van der Waals surface area (Å²) in [5.74, 6) is 0.592. The number of methoxy groups -OCH3 is 2. The zero-order valence-corrected chi connectivity index (χ0v) is 20.7. The molecule has 0 aromatic heterocycles. The molecule has 32 heavy (non-hydrogen) atoms. The molecule has 172 valence electrons. The molecule has 4 nitrogen and oxygen atoms in total. The van der Waals surface area contributed by atoms with Crippen LogP contribution in [0.1, 0.15) is 85.4 Å². The van der Waals surface area contributed by atoms with Crippen LogP contribution in [-0.2, 0) is 17.3 Å². The van der Waals surface area contributed by atoms with Crippen molar-refractivity contribution in [1.82, 2.24) is 0 Å². The van der Waals surface area contributed by atoms with Crippen molar-refractivity contribution < 1.29 is 19.1 Å². The normalized spacial score (nSPS) is 11.8. The Bertz CT molecular complexity index is 1020. The number of carbonyl (C=O) groups is 2. The summed E-state index contributed by atoms with van der Waals surface area (Å²) in [6.45, 7) is 16.7. The smallest absolute Gasteiger partial charge is 0.170 e. The van der Waals surface area contributed by atoms with Gasteiger partial charge in [-0.3, -0.25) is 9.59 Å². The highest BCUT2D eigenvalue weighted by molar-refractivity contribution is 6.13. The molecule has 2 aromatic rings. The van der Waals surface area contributed by atoms with Crippen molar-refractivity contribution in [1.29, 1.82) is 0 Å². The Morgan fingerprint density at radius 1 is 0.844 bits per heavy atom. The molecule has 4 heteroatoms. The minimum atomic E-state index is -0.251. The maximum Gasteiger partial charge on any atom is 0.170 e. The molecule has 0 radical (unpaired) electrons. The molecule has 0 N–H and O–H groups in total. The molecular formula is C28H36O4. The second-order valence-corrected chi connectivity index (χ2v) is 10.1. The maximum atomic E-state index is 13.1. The van der Waals surface area contributed by atoms with Crippen LogP contribution in [0.15, 0.2) is 43.0 Å². The SMILES string of the molecule is C=CCc1cc(C(=O)CC(=O)c2ccc(C(C)(C)C)c(C(C)(C)C)c2)cc(OC)c1OC. The molecule has 0 fully saturated rings. The monoisotopic (exact) mass is 436 g/mol. The average Bonchev–Trinajstić information content (AvgIpc) is 2.71. The summed E-state index contributed by atoms with van der Waals surface area (Å²) in [5, 5.41) is 0. The molecule has 0 heterocycles. The van der Waals surface area contributed by atoms with Crippen LogP contribution in [0.2, 0.25) is 0 Å². The van der Waals surface area contributed by atoms with E-state index in [0.29, 0.717) is 29.0 Å². The van der Waals surface area contributed by atoms with E-state index < -0.39 is 0 Å². The van der Waals surface area contributed by atoms with Crippen LogP contribution in [0, 0.1) is 0 Å². The Kier molecular flexibility index (Phi) is 7.71. The van der Waals surface area contributed by atoms with Crippen molar-refractivity contribution in [3.63, 3.8) is 0 Å². The number of allylic oxidation sites excluding steroid dienone is 1. The number of ketones is 2. The third kappa shape index (κ3) is 5.67.